The summed E-state index contributed by atoms with van der Waals surface area (Å²) < 4.78 is 0. The summed E-state index contributed by atoms with van der Waals surface area (Å²) in [5, 5.41) is 7.07. The molecule has 3 rings (SSSR count). The van der Waals surface area contributed by atoms with Crippen molar-refractivity contribution >= 4 is 33.9 Å². The van der Waals surface area contributed by atoms with Crippen LogP contribution in [0.25, 0.3) is 11.3 Å². The number of benzene rings is 1. The Bertz CT molecular complexity index is 604. The number of amidine groups is 1. The first-order chi connectivity index (χ1) is 9.81. The number of aliphatic imine (C=N–C) groups is 1. The Hall–Kier alpha value is -1.39. The zero-order chi connectivity index (χ0) is 13.8. The highest BCUT2D eigenvalue weighted by Gasteiger charge is 2.08. The molecule has 3 nitrogen and oxygen atoms in total. The van der Waals surface area contributed by atoms with Gasteiger partial charge in [-0.3, -0.25) is 4.99 Å². The van der Waals surface area contributed by atoms with Crippen LogP contribution in [0.4, 0.5) is 5.13 Å². The van der Waals surface area contributed by atoms with Gasteiger partial charge in [0.15, 0.2) is 5.13 Å². The van der Waals surface area contributed by atoms with E-state index in [1.165, 1.54) is 19.3 Å². The Morgan fingerprint density at radius 3 is 2.80 bits per heavy atom. The van der Waals surface area contributed by atoms with Crippen molar-refractivity contribution < 1.29 is 0 Å². The Kier molecular flexibility index (Phi) is 4.33. The molecule has 0 bridgehead atoms. The molecule has 5 heteroatoms. The number of nitrogens with one attached hydrogen (secondary N) is 1. The smallest absolute Gasteiger partial charge is 0.188 e. The van der Waals surface area contributed by atoms with E-state index in [2.05, 4.69) is 20.7 Å². The highest BCUT2D eigenvalue weighted by molar-refractivity contribution is 7.14. The first-order valence-electron chi connectivity index (χ1n) is 6.83. The first kappa shape index (κ1) is 13.6. The van der Waals surface area contributed by atoms with Gasteiger partial charge in [-0.25, -0.2) is 4.98 Å². The fraction of sp³-hybridized carbons (Fsp3) is 0.333. The Morgan fingerprint density at radius 2 is 1.95 bits per heavy atom. The van der Waals surface area contributed by atoms with Gasteiger partial charge in [-0.2, -0.15) is 0 Å². The number of nitrogens with zero attached hydrogens (tertiary/aromatic N) is 2. The van der Waals surface area contributed by atoms with Crippen LogP contribution in [0.3, 0.4) is 0 Å². The molecule has 0 saturated heterocycles. The highest BCUT2D eigenvalue weighted by atomic mass is 35.5. The van der Waals surface area contributed by atoms with Crippen LogP contribution < -0.4 is 5.32 Å². The van der Waals surface area contributed by atoms with Crippen molar-refractivity contribution in [2.75, 3.05) is 11.9 Å². The highest BCUT2D eigenvalue weighted by Crippen LogP contribution is 2.26. The van der Waals surface area contributed by atoms with Crippen molar-refractivity contribution in [2.24, 2.45) is 4.99 Å². The maximum Gasteiger partial charge on any atom is 0.188 e. The normalized spacial score (nSPS) is 15.6. The number of anilines is 1. The van der Waals surface area contributed by atoms with Gasteiger partial charge >= 0.3 is 0 Å². The molecule has 2 heterocycles. The van der Waals surface area contributed by atoms with Crippen LogP contribution >= 0.6 is 22.9 Å². The maximum absolute atomic E-state index is 5.90. The minimum absolute atomic E-state index is 0.745. The van der Waals surface area contributed by atoms with Crippen molar-refractivity contribution in [3.05, 3.63) is 34.7 Å². The summed E-state index contributed by atoms with van der Waals surface area (Å²) >= 11 is 7.52. The maximum atomic E-state index is 5.90. The van der Waals surface area contributed by atoms with E-state index in [4.69, 9.17) is 11.6 Å². The van der Waals surface area contributed by atoms with E-state index < -0.39 is 0 Å². The van der Waals surface area contributed by atoms with Crippen molar-refractivity contribution in [1.29, 1.82) is 0 Å². The number of hydrogen-bond acceptors (Lipinski definition) is 4. The molecule has 0 spiro atoms. The molecular weight excluding hydrogens is 290 g/mol. The third-order valence-corrected chi connectivity index (χ3v) is 4.28. The molecule has 1 aliphatic heterocycles. The molecule has 1 N–H and O–H groups in total. The van der Waals surface area contributed by atoms with Crippen molar-refractivity contribution in [3.8, 4) is 11.3 Å². The van der Waals surface area contributed by atoms with Crippen LogP contribution in [-0.2, 0) is 0 Å². The molecule has 0 unspecified atom stereocenters. The van der Waals surface area contributed by atoms with Gasteiger partial charge in [-0.1, -0.05) is 30.2 Å². The summed E-state index contributed by atoms with van der Waals surface area (Å²) in [6, 6.07) is 7.76. The summed E-state index contributed by atoms with van der Waals surface area (Å²) in [5.41, 5.74) is 2.06. The monoisotopic (exact) mass is 305 g/mol. The molecule has 0 atom stereocenters. The van der Waals surface area contributed by atoms with Gasteiger partial charge in [-0.15, -0.1) is 11.3 Å². The predicted octanol–water partition coefficient (Wildman–Crippen LogP) is 4.85. The Labute approximate surface area is 127 Å². The predicted molar refractivity (Wildman–Crippen MR) is 87.0 cm³/mol. The van der Waals surface area contributed by atoms with E-state index in [9.17, 15) is 0 Å². The second kappa shape index (κ2) is 6.37. The van der Waals surface area contributed by atoms with Gasteiger partial charge < -0.3 is 5.32 Å². The third-order valence-electron chi connectivity index (χ3n) is 3.27. The van der Waals surface area contributed by atoms with Crippen molar-refractivity contribution in [3.63, 3.8) is 0 Å². The molecule has 0 aliphatic carbocycles. The standard InChI is InChI=1S/C15H16ClN3S/c16-12-7-5-11(6-8-12)13-10-20-15(18-13)19-14-4-2-1-3-9-17-14/h5-8,10H,1-4,9H2,(H,17,18,19). The van der Waals surface area contributed by atoms with Gasteiger partial charge in [0.25, 0.3) is 0 Å². The molecule has 1 aromatic heterocycles. The van der Waals surface area contributed by atoms with E-state index in [-0.39, 0.29) is 0 Å². The lowest BCUT2D eigenvalue weighted by molar-refractivity contribution is 0.731. The molecular formula is C15H16ClN3S. The van der Waals surface area contributed by atoms with Gasteiger partial charge in [-0.05, 0) is 25.0 Å². The van der Waals surface area contributed by atoms with Crippen LogP contribution in [-0.4, -0.2) is 17.4 Å². The summed E-state index contributed by atoms with van der Waals surface area (Å²) in [4.78, 5) is 9.19. The second-order valence-corrected chi connectivity index (χ2v) is 6.10. The molecule has 20 heavy (non-hydrogen) atoms. The Balaban J connectivity index is 1.73. The molecule has 0 radical (unpaired) electrons. The molecule has 0 saturated carbocycles. The second-order valence-electron chi connectivity index (χ2n) is 4.81. The Morgan fingerprint density at radius 1 is 1.10 bits per heavy atom. The average molecular weight is 306 g/mol. The lowest BCUT2D eigenvalue weighted by atomic mass is 10.2. The molecule has 104 valence electrons. The molecule has 0 fully saturated rings. The zero-order valence-electron chi connectivity index (χ0n) is 11.1. The van der Waals surface area contributed by atoms with Gasteiger partial charge in [0.05, 0.1) is 5.69 Å². The van der Waals surface area contributed by atoms with E-state index in [0.29, 0.717) is 0 Å². The van der Waals surface area contributed by atoms with E-state index in [0.717, 1.165) is 40.2 Å². The van der Waals surface area contributed by atoms with Crippen LogP contribution in [0.15, 0.2) is 34.6 Å². The van der Waals surface area contributed by atoms with E-state index in [1.54, 1.807) is 11.3 Å². The van der Waals surface area contributed by atoms with E-state index >= 15 is 0 Å². The minimum Gasteiger partial charge on any atom is -0.320 e. The summed E-state index contributed by atoms with van der Waals surface area (Å²) in [6.07, 6.45) is 4.69. The van der Waals surface area contributed by atoms with Gasteiger partial charge in [0, 0.05) is 28.9 Å². The van der Waals surface area contributed by atoms with E-state index in [1.807, 2.05) is 24.3 Å². The number of halogens is 1. The summed E-state index contributed by atoms with van der Waals surface area (Å²) in [5.74, 6) is 1.07. The quantitative estimate of drug-likeness (QED) is 0.861. The van der Waals surface area contributed by atoms with Gasteiger partial charge in [0.2, 0.25) is 0 Å². The molecule has 2 aromatic rings. The zero-order valence-corrected chi connectivity index (χ0v) is 12.7. The fourth-order valence-corrected chi connectivity index (χ4v) is 3.05. The lowest BCUT2D eigenvalue weighted by Gasteiger charge is -2.04. The van der Waals surface area contributed by atoms with Crippen LogP contribution in [0.5, 0.6) is 0 Å². The third kappa shape index (κ3) is 3.38. The van der Waals surface area contributed by atoms with Crippen LogP contribution in [0, 0.1) is 0 Å². The first-order valence-corrected chi connectivity index (χ1v) is 8.09. The fourth-order valence-electron chi connectivity index (χ4n) is 2.18. The number of aromatic nitrogens is 1. The number of thiazole rings is 1. The molecule has 1 aliphatic rings. The average Bonchev–Trinajstić information content (AvgIpc) is 2.76. The summed E-state index contributed by atoms with van der Waals surface area (Å²) in [7, 11) is 0. The van der Waals surface area contributed by atoms with Crippen LogP contribution in [0.1, 0.15) is 25.7 Å². The van der Waals surface area contributed by atoms with Crippen molar-refractivity contribution in [1.82, 2.24) is 4.98 Å². The number of rotatable bonds is 2. The number of hydrogen-bond donors (Lipinski definition) is 1. The van der Waals surface area contributed by atoms with Crippen LogP contribution in [0.2, 0.25) is 5.02 Å². The molecule has 1 aromatic carbocycles. The van der Waals surface area contributed by atoms with Gasteiger partial charge in [0.1, 0.15) is 5.84 Å². The topological polar surface area (TPSA) is 37.3 Å². The minimum atomic E-state index is 0.745. The molecule has 0 amide bonds. The van der Waals surface area contributed by atoms with Crippen molar-refractivity contribution in [2.45, 2.75) is 25.7 Å². The lowest BCUT2D eigenvalue weighted by Crippen LogP contribution is -2.11. The SMILES string of the molecule is Clc1ccc(-c2csc(NC3=NCCCCC3)n2)cc1. The largest absolute Gasteiger partial charge is 0.320 e. The summed E-state index contributed by atoms with van der Waals surface area (Å²) in [6.45, 7) is 0.928.